The van der Waals surface area contributed by atoms with Crippen LogP contribution in [-0.2, 0) is 29.7 Å². The Morgan fingerprint density at radius 1 is 1.10 bits per heavy atom. The van der Waals surface area contributed by atoms with Gasteiger partial charge in [0.1, 0.15) is 0 Å². The minimum absolute atomic E-state index is 0.0304. The maximum atomic E-state index is 13.2. The molecule has 3 aromatic rings. The third kappa shape index (κ3) is 4.00. The Hall–Kier alpha value is -2.64. The second-order valence-electron chi connectivity index (χ2n) is 9.68. The number of morpholine rings is 1. The first-order chi connectivity index (χ1) is 14.9. The van der Waals surface area contributed by atoms with Crippen molar-refractivity contribution in [2.45, 2.75) is 45.7 Å². The lowest BCUT2D eigenvalue weighted by Gasteiger charge is -2.30. The van der Waals surface area contributed by atoms with Crippen LogP contribution in [0.3, 0.4) is 0 Å². The number of aromatic amines is 1. The summed E-state index contributed by atoms with van der Waals surface area (Å²) >= 11 is 0. The zero-order chi connectivity index (χ0) is 21.6. The molecule has 1 aromatic carbocycles. The number of ether oxygens (including phenoxy) is 1. The highest BCUT2D eigenvalue weighted by molar-refractivity contribution is 5.48. The molecule has 1 N–H and O–H groups in total. The van der Waals surface area contributed by atoms with Crippen molar-refractivity contribution in [3.8, 4) is 0 Å². The van der Waals surface area contributed by atoms with E-state index in [1.807, 2.05) is 6.07 Å². The lowest BCUT2D eigenvalue weighted by molar-refractivity contribution is 0.122. The Balaban J connectivity index is 1.34. The molecule has 0 aliphatic carbocycles. The number of anilines is 1. The number of fused-ring (bicyclic) bond motifs is 2. The molecule has 0 radical (unpaired) electrons. The van der Waals surface area contributed by atoms with Crippen LogP contribution in [0.2, 0.25) is 0 Å². The Bertz CT molecular complexity index is 1130. The highest BCUT2D eigenvalue weighted by atomic mass is 16.5. The van der Waals surface area contributed by atoms with Crippen molar-refractivity contribution >= 4 is 11.3 Å². The minimum Gasteiger partial charge on any atom is -0.378 e. The molecule has 2 aliphatic heterocycles. The van der Waals surface area contributed by atoms with Gasteiger partial charge in [0.2, 0.25) is 0 Å². The summed E-state index contributed by atoms with van der Waals surface area (Å²) in [5, 5.41) is 3.27. The Kier molecular flexibility index (Phi) is 5.10. The van der Waals surface area contributed by atoms with Gasteiger partial charge in [0.25, 0.3) is 5.56 Å². The molecule has 164 valence electrons. The molecule has 1 saturated heterocycles. The van der Waals surface area contributed by atoms with Gasteiger partial charge in [0.05, 0.1) is 24.5 Å². The predicted octanol–water partition coefficient (Wildman–Crippen LogP) is 2.72. The number of aromatic nitrogens is 3. The van der Waals surface area contributed by atoms with Crippen molar-refractivity contribution in [3.05, 3.63) is 63.2 Å². The Morgan fingerprint density at radius 3 is 2.55 bits per heavy atom. The first kappa shape index (κ1) is 20.3. The third-order valence-electron chi connectivity index (χ3n) is 6.37. The summed E-state index contributed by atoms with van der Waals surface area (Å²) in [5.74, 6) is 0. The van der Waals surface area contributed by atoms with Gasteiger partial charge in [-0.2, -0.15) is 0 Å². The molecule has 0 bridgehead atoms. The van der Waals surface area contributed by atoms with Crippen LogP contribution in [-0.4, -0.2) is 52.3 Å². The molecule has 0 amide bonds. The number of benzene rings is 1. The molecule has 31 heavy (non-hydrogen) atoms. The van der Waals surface area contributed by atoms with E-state index >= 15 is 0 Å². The average Bonchev–Trinajstić information content (AvgIpc) is 3.21. The van der Waals surface area contributed by atoms with E-state index in [1.54, 1.807) is 4.52 Å². The summed E-state index contributed by atoms with van der Waals surface area (Å²) in [5.41, 5.74) is 6.01. The van der Waals surface area contributed by atoms with E-state index < -0.39 is 0 Å². The first-order valence-corrected chi connectivity index (χ1v) is 11.2. The fraction of sp³-hybridized carbons (Fsp3) is 0.500. The highest BCUT2D eigenvalue weighted by Gasteiger charge is 2.24. The molecule has 0 spiro atoms. The number of rotatable bonds is 3. The zero-order valence-corrected chi connectivity index (χ0v) is 18.6. The number of H-pyrrole nitrogens is 1. The second kappa shape index (κ2) is 7.80. The number of nitrogens with zero attached hydrogens (tertiary/aromatic N) is 4. The molecule has 0 unspecified atom stereocenters. The van der Waals surface area contributed by atoms with E-state index in [9.17, 15) is 4.79 Å². The summed E-state index contributed by atoms with van der Waals surface area (Å²) < 4.78 is 7.06. The number of hydrogen-bond acceptors (Lipinski definition) is 5. The fourth-order valence-electron chi connectivity index (χ4n) is 4.45. The van der Waals surface area contributed by atoms with Crippen LogP contribution in [0, 0.1) is 0 Å². The maximum Gasteiger partial charge on any atom is 0.277 e. The van der Waals surface area contributed by atoms with Crippen LogP contribution >= 0.6 is 0 Å². The largest absolute Gasteiger partial charge is 0.378 e. The molecule has 0 saturated carbocycles. The van der Waals surface area contributed by atoms with Crippen LogP contribution in [0.25, 0.3) is 5.65 Å². The zero-order valence-electron chi connectivity index (χ0n) is 18.6. The quantitative estimate of drug-likeness (QED) is 0.704. The van der Waals surface area contributed by atoms with Crippen molar-refractivity contribution in [1.82, 2.24) is 19.5 Å². The average molecular weight is 422 g/mol. The molecule has 4 heterocycles. The summed E-state index contributed by atoms with van der Waals surface area (Å²) in [6.45, 7) is 12.3. The Labute approximate surface area is 182 Å². The molecule has 7 nitrogen and oxygen atoms in total. The van der Waals surface area contributed by atoms with Crippen molar-refractivity contribution in [1.29, 1.82) is 0 Å². The number of nitrogens with one attached hydrogen (secondary N) is 1. The third-order valence-corrected chi connectivity index (χ3v) is 6.37. The van der Waals surface area contributed by atoms with Crippen molar-refractivity contribution in [3.63, 3.8) is 0 Å². The van der Waals surface area contributed by atoms with Gasteiger partial charge < -0.3 is 9.64 Å². The SMILES string of the molecule is CC(C)(C)c1cc2nc3c(c(=O)n2[nH]1)CN(Cc1ccc(N2CCOCC2)cc1)CC3. The molecular weight excluding hydrogens is 390 g/mol. The van der Waals surface area contributed by atoms with Crippen LogP contribution in [0.4, 0.5) is 5.69 Å². The van der Waals surface area contributed by atoms with Gasteiger partial charge in [0, 0.05) is 62.0 Å². The lowest BCUT2D eigenvalue weighted by atomic mass is 9.93. The summed E-state index contributed by atoms with van der Waals surface area (Å²) in [4.78, 5) is 22.7. The fourth-order valence-corrected chi connectivity index (χ4v) is 4.45. The van der Waals surface area contributed by atoms with Gasteiger partial charge in [0.15, 0.2) is 5.65 Å². The summed E-state index contributed by atoms with van der Waals surface area (Å²) in [6, 6.07) is 10.8. The molecule has 2 aliphatic rings. The van der Waals surface area contributed by atoms with Gasteiger partial charge >= 0.3 is 0 Å². The van der Waals surface area contributed by atoms with E-state index in [4.69, 9.17) is 9.72 Å². The standard InChI is InChI=1S/C24H31N5O2/c1-24(2,3)21-14-22-25-20-8-9-27(16-19(20)23(30)29(22)26-21)15-17-4-6-18(7-5-17)28-10-12-31-13-11-28/h4-7,14,26H,8-13,15-16H2,1-3H3. The summed E-state index contributed by atoms with van der Waals surface area (Å²) in [7, 11) is 0. The molecular formula is C24H31N5O2. The van der Waals surface area contributed by atoms with Gasteiger partial charge in [-0.15, -0.1) is 0 Å². The highest BCUT2D eigenvalue weighted by Crippen LogP contribution is 2.23. The van der Waals surface area contributed by atoms with Gasteiger partial charge in [-0.1, -0.05) is 32.9 Å². The molecule has 7 heteroatoms. The van der Waals surface area contributed by atoms with Crippen LogP contribution in [0.1, 0.15) is 43.3 Å². The molecule has 0 atom stereocenters. The van der Waals surface area contributed by atoms with E-state index in [-0.39, 0.29) is 11.0 Å². The van der Waals surface area contributed by atoms with Crippen LogP contribution < -0.4 is 10.5 Å². The second-order valence-corrected chi connectivity index (χ2v) is 9.68. The van der Waals surface area contributed by atoms with Crippen LogP contribution in [0.15, 0.2) is 35.1 Å². The molecule has 1 fully saturated rings. The van der Waals surface area contributed by atoms with Crippen molar-refractivity contribution in [2.24, 2.45) is 0 Å². The van der Waals surface area contributed by atoms with Gasteiger partial charge in [-0.05, 0) is 17.7 Å². The van der Waals surface area contributed by atoms with Gasteiger partial charge in [-0.25, -0.2) is 9.50 Å². The van der Waals surface area contributed by atoms with Crippen molar-refractivity contribution < 1.29 is 4.74 Å². The minimum atomic E-state index is -0.0555. The van der Waals surface area contributed by atoms with E-state index in [2.05, 4.69) is 59.9 Å². The van der Waals surface area contributed by atoms with E-state index in [0.29, 0.717) is 6.54 Å². The normalized spacial score (nSPS) is 17.8. The van der Waals surface area contributed by atoms with Crippen molar-refractivity contribution in [2.75, 3.05) is 37.7 Å². The monoisotopic (exact) mass is 421 g/mol. The van der Waals surface area contributed by atoms with E-state index in [1.165, 1.54) is 11.3 Å². The maximum absolute atomic E-state index is 13.2. The smallest absolute Gasteiger partial charge is 0.277 e. The van der Waals surface area contributed by atoms with Crippen LogP contribution in [0.5, 0.6) is 0 Å². The lowest BCUT2D eigenvalue weighted by Crippen LogP contribution is -2.36. The number of hydrogen-bond donors (Lipinski definition) is 1. The Morgan fingerprint density at radius 2 is 1.84 bits per heavy atom. The first-order valence-electron chi connectivity index (χ1n) is 11.2. The molecule has 5 rings (SSSR count). The van der Waals surface area contributed by atoms with E-state index in [0.717, 1.165) is 68.4 Å². The predicted molar refractivity (Wildman–Crippen MR) is 122 cm³/mol. The molecule has 2 aromatic heterocycles. The topological polar surface area (TPSA) is 65.9 Å². The van der Waals surface area contributed by atoms with Gasteiger partial charge in [-0.3, -0.25) is 14.8 Å². The summed E-state index contributed by atoms with van der Waals surface area (Å²) in [6.07, 6.45) is 0.808.